The quantitative estimate of drug-likeness (QED) is 0.643. The van der Waals surface area contributed by atoms with Crippen LogP contribution >= 0.6 is 11.6 Å². The first-order valence-electron chi connectivity index (χ1n) is 3.83. The Hall–Kier alpha value is -0.820. The van der Waals surface area contributed by atoms with Crippen LogP contribution in [0.15, 0.2) is 18.2 Å². The smallest absolute Gasteiger partial charge is 0.226 e. The number of hydrogen-bond donors (Lipinski definition) is 0. The molecule has 0 fully saturated rings. The van der Waals surface area contributed by atoms with E-state index in [2.05, 4.69) is 6.07 Å². The molecule has 0 heterocycles. The van der Waals surface area contributed by atoms with Crippen molar-refractivity contribution in [3.8, 4) is 0 Å². The maximum Gasteiger partial charge on any atom is 0.226 e. The highest BCUT2D eigenvalue weighted by Gasteiger charge is 2.00. The number of aryl methyl sites for hydroxylation is 2. The Labute approximate surface area is 77.4 Å². The number of halogens is 1. The van der Waals surface area contributed by atoms with E-state index in [1.807, 2.05) is 26.0 Å². The number of carbonyl (C=O) groups is 1. The summed E-state index contributed by atoms with van der Waals surface area (Å²) in [5, 5.41) is -0.306. The summed E-state index contributed by atoms with van der Waals surface area (Å²) in [6, 6.07) is 6.03. The van der Waals surface area contributed by atoms with E-state index in [9.17, 15) is 4.79 Å². The third-order valence-corrected chi connectivity index (χ3v) is 1.76. The van der Waals surface area contributed by atoms with Crippen LogP contribution in [0.25, 0.3) is 0 Å². The zero-order chi connectivity index (χ0) is 9.14. The first kappa shape index (κ1) is 9.27. The lowest BCUT2D eigenvalue weighted by molar-refractivity contribution is -0.111. The van der Waals surface area contributed by atoms with Gasteiger partial charge in [-0.15, -0.1) is 0 Å². The molecule has 0 aliphatic rings. The van der Waals surface area contributed by atoms with Crippen molar-refractivity contribution in [1.82, 2.24) is 0 Å². The molecule has 0 radical (unpaired) electrons. The van der Waals surface area contributed by atoms with Crippen molar-refractivity contribution in [2.24, 2.45) is 0 Å². The summed E-state index contributed by atoms with van der Waals surface area (Å²) in [4.78, 5) is 10.6. The predicted molar refractivity (Wildman–Crippen MR) is 50.5 cm³/mol. The molecule has 0 bridgehead atoms. The monoisotopic (exact) mass is 182 g/mol. The molecule has 1 aromatic carbocycles. The summed E-state index contributed by atoms with van der Waals surface area (Å²) in [6.45, 7) is 4.02. The van der Waals surface area contributed by atoms with Crippen LogP contribution in [0, 0.1) is 13.8 Å². The van der Waals surface area contributed by atoms with Crippen molar-refractivity contribution in [3.63, 3.8) is 0 Å². The van der Waals surface area contributed by atoms with Gasteiger partial charge in [-0.05, 0) is 31.0 Å². The van der Waals surface area contributed by atoms with Gasteiger partial charge >= 0.3 is 0 Å². The number of benzene rings is 1. The Kier molecular flexibility index (Phi) is 2.88. The first-order valence-corrected chi connectivity index (χ1v) is 4.21. The largest absolute Gasteiger partial charge is 0.281 e. The van der Waals surface area contributed by atoms with E-state index in [1.165, 1.54) is 11.1 Å². The lowest BCUT2D eigenvalue weighted by atomic mass is 10.1. The minimum atomic E-state index is -0.306. The van der Waals surface area contributed by atoms with Gasteiger partial charge in [-0.2, -0.15) is 0 Å². The molecule has 0 saturated heterocycles. The molecule has 0 amide bonds. The molecule has 0 atom stereocenters. The second-order valence-electron chi connectivity index (χ2n) is 3.03. The predicted octanol–water partition coefficient (Wildman–Crippen LogP) is 2.61. The standard InChI is InChI=1S/C10H11ClO/c1-7-3-8(2)5-9(4-7)6-10(11)12/h3-5H,6H2,1-2H3. The third-order valence-electron chi connectivity index (χ3n) is 1.62. The Morgan fingerprint density at radius 2 is 1.75 bits per heavy atom. The van der Waals surface area contributed by atoms with E-state index in [1.54, 1.807) is 0 Å². The molecule has 1 aromatic rings. The van der Waals surface area contributed by atoms with Gasteiger partial charge in [0, 0.05) is 6.42 Å². The summed E-state index contributed by atoms with van der Waals surface area (Å²) in [7, 11) is 0. The van der Waals surface area contributed by atoms with Gasteiger partial charge in [0.1, 0.15) is 0 Å². The third kappa shape index (κ3) is 2.67. The summed E-state index contributed by atoms with van der Waals surface area (Å²) in [5.74, 6) is 0. The van der Waals surface area contributed by atoms with Gasteiger partial charge in [0.2, 0.25) is 5.24 Å². The lowest BCUT2D eigenvalue weighted by Crippen LogP contribution is -1.94. The highest BCUT2D eigenvalue weighted by Crippen LogP contribution is 2.10. The maximum atomic E-state index is 10.6. The molecule has 0 saturated carbocycles. The highest BCUT2D eigenvalue weighted by atomic mass is 35.5. The molecule has 0 N–H and O–H groups in total. The Balaban J connectivity index is 2.93. The second-order valence-corrected chi connectivity index (χ2v) is 3.45. The number of rotatable bonds is 2. The van der Waals surface area contributed by atoms with E-state index >= 15 is 0 Å². The van der Waals surface area contributed by atoms with Gasteiger partial charge in [0.05, 0.1) is 0 Å². The topological polar surface area (TPSA) is 17.1 Å². The fourth-order valence-electron chi connectivity index (χ4n) is 1.33. The minimum Gasteiger partial charge on any atom is -0.281 e. The Morgan fingerprint density at radius 3 is 2.17 bits per heavy atom. The van der Waals surface area contributed by atoms with Crippen LogP contribution in [-0.2, 0) is 11.2 Å². The molecule has 0 aliphatic heterocycles. The minimum absolute atomic E-state index is 0.306. The molecule has 1 nitrogen and oxygen atoms in total. The second kappa shape index (κ2) is 3.72. The van der Waals surface area contributed by atoms with Gasteiger partial charge in [-0.1, -0.05) is 29.3 Å². The van der Waals surface area contributed by atoms with Crippen LogP contribution in [0.4, 0.5) is 0 Å². The van der Waals surface area contributed by atoms with Crippen molar-refractivity contribution in [3.05, 3.63) is 34.9 Å². The summed E-state index contributed by atoms with van der Waals surface area (Å²) >= 11 is 5.28. The molecule has 1 rings (SSSR count). The van der Waals surface area contributed by atoms with Crippen molar-refractivity contribution in [2.75, 3.05) is 0 Å². The Morgan fingerprint density at radius 1 is 1.25 bits per heavy atom. The SMILES string of the molecule is Cc1cc(C)cc(CC(=O)Cl)c1. The summed E-state index contributed by atoms with van der Waals surface area (Å²) in [6.07, 6.45) is 0.323. The van der Waals surface area contributed by atoms with Crippen LogP contribution < -0.4 is 0 Å². The first-order chi connectivity index (χ1) is 5.58. The molecule has 0 unspecified atom stereocenters. The van der Waals surface area contributed by atoms with Crippen molar-refractivity contribution in [2.45, 2.75) is 20.3 Å². The molecular weight excluding hydrogens is 172 g/mol. The van der Waals surface area contributed by atoms with E-state index in [-0.39, 0.29) is 5.24 Å². The average molecular weight is 183 g/mol. The van der Waals surface area contributed by atoms with Gasteiger partial charge < -0.3 is 0 Å². The van der Waals surface area contributed by atoms with Crippen LogP contribution in [0.3, 0.4) is 0 Å². The van der Waals surface area contributed by atoms with E-state index in [4.69, 9.17) is 11.6 Å². The van der Waals surface area contributed by atoms with Gasteiger partial charge in [0.15, 0.2) is 0 Å². The van der Waals surface area contributed by atoms with Crippen molar-refractivity contribution >= 4 is 16.8 Å². The highest BCUT2D eigenvalue weighted by molar-refractivity contribution is 6.63. The zero-order valence-corrected chi connectivity index (χ0v) is 7.98. The molecule has 0 spiro atoms. The van der Waals surface area contributed by atoms with Crippen molar-refractivity contribution in [1.29, 1.82) is 0 Å². The van der Waals surface area contributed by atoms with Gasteiger partial charge in [0.25, 0.3) is 0 Å². The molecule has 64 valence electrons. The number of hydrogen-bond acceptors (Lipinski definition) is 1. The summed E-state index contributed by atoms with van der Waals surface area (Å²) in [5.41, 5.74) is 3.33. The van der Waals surface area contributed by atoms with Crippen LogP contribution in [0.2, 0.25) is 0 Å². The average Bonchev–Trinajstić information content (AvgIpc) is 1.81. The zero-order valence-electron chi connectivity index (χ0n) is 7.23. The molecular formula is C10H11ClO. The normalized spacial score (nSPS) is 9.92. The van der Waals surface area contributed by atoms with Crippen LogP contribution in [0.1, 0.15) is 16.7 Å². The number of carbonyl (C=O) groups excluding carboxylic acids is 1. The molecule has 2 heteroatoms. The van der Waals surface area contributed by atoms with Crippen molar-refractivity contribution < 1.29 is 4.79 Å². The van der Waals surface area contributed by atoms with E-state index in [0.29, 0.717) is 6.42 Å². The van der Waals surface area contributed by atoms with Gasteiger partial charge in [-0.3, -0.25) is 4.79 Å². The van der Waals surface area contributed by atoms with E-state index < -0.39 is 0 Å². The lowest BCUT2D eigenvalue weighted by Gasteiger charge is -2.01. The van der Waals surface area contributed by atoms with Gasteiger partial charge in [-0.25, -0.2) is 0 Å². The maximum absolute atomic E-state index is 10.6. The fraction of sp³-hybridized carbons (Fsp3) is 0.300. The fourth-order valence-corrected chi connectivity index (χ4v) is 1.49. The summed E-state index contributed by atoms with van der Waals surface area (Å²) < 4.78 is 0. The van der Waals surface area contributed by atoms with Crippen LogP contribution in [-0.4, -0.2) is 5.24 Å². The Bertz CT molecular complexity index is 284. The van der Waals surface area contributed by atoms with E-state index in [0.717, 1.165) is 5.56 Å². The molecule has 0 aromatic heterocycles. The molecule has 0 aliphatic carbocycles. The van der Waals surface area contributed by atoms with Crippen LogP contribution in [0.5, 0.6) is 0 Å². The molecule has 12 heavy (non-hydrogen) atoms.